The van der Waals surface area contributed by atoms with Crippen LogP contribution in [0.4, 0.5) is 0 Å². The van der Waals surface area contributed by atoms with Gasteiger partial charge in [-0.05, 0) is 31.5 Å². The van der Waals surface area contributed by atoms with E-state index in [1.54, 1.807) is 24.4 Å². The van der Waals surface area contributed by atoms with Gasteiger partial charge in [-0.2, -0.15) is 0 Å². The lowest BCUT2D eigenvalue weighted by Crippen LogP contribution is -2.51. The van der Waals surface area contributed by atoms with E-state index >= 15 is 0 Å². The first-order chi connectivity index (χ1) is 15.2. The zero-order chi connectivity index (χ0) is 23.3. The van der Waals surface area contributed by atoms with Gasteiger partial charge in [0, 0.05) is 13.7 Å². The largest absolute Gasteiger partial charge is 0.479 e. The minimum absolute atomic E-state index is 0.0715. The first-order valence-corrected chi connectivity index (χ1v) is 11.6. The van der Waals surface area contributed by atoms with Crippen molar-refractivity contribution in [1.29, 1.82) is 0 Å². The van der Waals surface area contributed by atoms with Gasteiger partial charge in [-0.1, -0.05) is 23.8 Å². The maximum atomic E-state index is 12.7. The molecule has 2 atom stereocenters. The van der Waals surface area contributed by atoms with E-state index in [1.165, 1.54) is 17.9 Å². The van der Waals surface area contributed by atoms with Crippen LogP contribution in [-0.2, 0) is 30.9 Å². The van der Waals surface area contributed by atoms with Crippen LogP contribution < -0.4 is 10.5 Å². The Morgan fingerprint density at radius 2 is 2.09 bits per heavy atom. The number of amides is 1. The van der Waals surface area contributed by atoms with Gasteiger partial charge in [-0.25, -0.2) is 23.0 Å². The summed E-state index contributed by atoms with van der Waals surface area (Å²) in [6, 6.07) is 5.75. The summed E-state index contributed by atoms with van der Waals surface area (Å²) in [6.07, 6.45) is 2.88. The summed E-state index contributed by atoms with van der Waals surface area (Å²) in [6.45, 7) is 0.850. The molecule has 1 unspecified atom stereocenters. The second-order valence-electron chi connectivity index (χ2n) is 7.46. The summed E-state index contributed by atoms with van der Waals surface area (Å²) < 4.78 is 29.9. The normalized spacial score (nSPS) is 18.2. The lowest BCUT2D eigenvalue weighted by Gasteiger charge is -2.34. The minimum Gasteiger partial charge on any atom is -0.479 e. The summed E-state index contributed by atoms with van der Waals surface area (Å²) in [5, 5.41) is 25.1. The van der Waals surface area contributed by atoms with Gasteiger partial charge in [0.25, 0.3) is 0 Å². The molecule has 0 bridgehead atoms. The Labute approximate surface area is 185 Å². The van der Waals surface area contributed by atoms with E-state index < -0.39 is 28.1 Å². The van der Waals surface area contributed by atoms with Crippen molar-refractivity contribution in [2.75, 3.05) is 20.2 Å². The highest BCUT2D eigenvalue weighted by Gasteiger charge is 2.30. The molecule has 1 aromatic heterocycles. The van der Waals surface area contributed by atoms with E-state index in [9.17, 15) is 18.0 Å². The molecule has 174 valence electrons. The number of nitrogens with one attached hydrogen (secondary N) is 1. The first-order valence-electron chi connectivity index (χ1n) is 10.0. The number of carbonyl (C=O) groups is 2. The van der Waals surface area contributed by atoms with Crippen LogP contribution >= 0.6 is 0 Å². The van der Waals surface area contributed by atoms with Crippen molar-refractivity contribution in [2.45, 2.75) is 42.8 Å². The lowest BCUT2D eigenvalue weighted by atomic mass is 10.0. The average Bonchev–Trinajstić information content (AvgIpc) is 3.22. The number of piperidine rings is 1. The zero-order valence-corrected chi connectivity index (χ0v) is 18.4. The quantitative estimate of drug-likeness (QED) is 0.440. The fourth-order valence-corrected chi connectivity index (χ4v) is 4.36. The topological polar surface area (TPSA) is 170 Å². The predicted octanol–water partition coefficient (Wildman–Crippen LogP) is -0.515. The molecule has 13 heteroatoms. The Balaban J connectivity index is 1.72. The predicted molar refractivity (Wildman–Crippen MR) is 112 cm³/mol. The molecule has 0 saturated carbocycles. The molecular weight excluding hydrogens is 440 g/mol. The monoisotopic (exact) mass is 466 g/mol. The van der Waals surface area contributed by atoms with Gasteiger partial charge >= 0.3 is 5.97 Å². The summed E-state index contributed by atoms with van der Waals surface area (Å²) >= 11 is 0. The number of carboxylic acids is 1. The number of nitrogens with zero attached hydrogens (tertiary/aromatic N) is 4. The molecule has 0 spiro atoms. The molecule has 2 heterocycles. The maximum absolute atomic E-state index is 12.7. The number of rotatable bonds is 9. The van der Waals surface area contributed by atoms with E-state index in [-0.39, 0.29) is 23.0 Å². The van der Waals surface area contributed by atoms with Crippen molar-refractivity contribution >= 4 is 21.9 Å². The highest BCUT2D eigenvalue weighted by atomic mass is 32.2. The number of carboxylic acid groups (broad SMARTS) is 1. The fraction of sp³-hybridized carbons (Fsp3) is 0.474. The number of para-hydroxylation sites is 1. The summed E-state index contributed by atoms with van der Waals surface area (Å²) in [7, 11) is -2.67. The molecule has 1 aromatic carbocycles. The fourth-order valence-electron chi connectivity index (χ4n) is 3.64. The number of hydrogen-bond acceptors (Lipinski definition) is 8. The molecule has 4 N–H and O–H groups in total. The van der Waals surface area contributed by atoms with Gasteiger partial charge in [0.2, 0.25) is 15.9 Å². The number of methoxy groups -OCH3 is 1. The number of carbonyl (C=O) groups excluding carboxylic acids is 1. The smallest absolute Gasteiger partial charge is 0.334 e. The Morgan fingerprint density at radius 3 is 2.78 bits per heavy atom. The SMILES string of the molecule is CO[C@@H](CNC(=O)C1CCCCN1Cc1cn(-c2ccccc2S(N)(=O)=O)nn1)C(=O)O. The summed E-state index contributed by atoms with van der Waals surface area (Å²) in [5.41, 5.74) is 0.829. The van der Waals surface area contributed by atoms with Gasteiger partial charge in [0.05, 0.1) is 30.2 Å². The standard InChI is InChI=1S/C19H26N6O6S/c1-31-16(19(27)28)10-21-18(26)15-7-4-5-9-24(15)11-13-12-25(23-22-13)14-6-2-3-8-17(14)32(20,29)30/h2-3,6,8,12,15-16H,4-5,7,9-11H2,1H3,(H,21,26)(H,27,28)(H2,20,29,30)/t15?,16-/m0/s1. The van der Waals surface area contributed by atoms with Crippen LogP contribution in [-0.4, -0.2) is 77.6 Å². The summed E-state index contributed by atoms with van der Waals surface area (Å²) in [4.78, 5) is 25.7. The number of nitrogens with two attached hydrogens (primary N) is 1. The van der Waals surface area contributed by atoms with Gasteiger partial charge in [0.1, 0.15) is 4.90 Å². The molecule has 2 aromatic rings. The number of sulfonamides is 1. The maximum Gasteiger partial charge on any atom is 0.334 e. The second-order valence-corrected chi connectivity index (χ2v) is 8.99. The molecule has 1 saturated heterocycles. The number of likely N-dealkylation sites (tertiary alicyclic amines) is 1. The molecule has 1 fully saturated rings. The highest BCUT2D eigenvalue weighted by molar-refractivity contribution is 7.89. The molecule has 3 rings (SSSR count). The van der Waals surface area contributed by atoms with Crippen LogP contribution in [0.15, 0.2) is 35.4 Å². The third-order valence-corrected chi connectivity index (χ3v) is 6.22. The van der Waals surface area contributed by atoms with Crippen molar-refractivity contribution in [3.8, 4) is 5.69 Å². The van der Waals surface area contributed by atoms with Crippen molar-refractivity contribution in [3.05, 3.63) is 36.2 Å². The van der Waals surface area contributed by atoms with Gasteiger partial charge < -0.3 is 15.2 Å². The van der Waals surface area contributed by atoms with Gasteiger partial charge in [-0.3, -0.25) is 9.69 Å². The third kappa shape index (κ3) is 5.68. The van der Waals surface area contributed by atoms with E-state index in [1.807, 2.05) is 4.90 Å². The first kappa shape index (κ1) is 23.8. The van der Waals surface area contributed by atoms with Crippen LogP contribution in [0.25, 0.3) is 5.69 Å². The summed E-state index contributed by atoms with van der Waals surface area (Å²) in [5.74, 6) is -1.43. The number of primary sulfonamides is 1. The van der Waals surface area contributed by atoms with Crippen LogP contribution in [0.5, 0.6) is 0 Å². The van der Waals surface area contributed by atoms with Crippen molar-refractivity contribution in [3.63, 3.8) is 0 Å². The number of ether oxygens (including phenoxy) is 1. The molecule has 0 radical (unpaired) electrons. The van der Waals surface area contributed by atoms with Crippen LogP contribution in [0.3, 0.4) is 0 Å². The Morgan fingerprint density at radius 1 is 1.34 bits per heavy atom. The van der Waals surface area contributed by atoms with E-state index in [0.717, 1.165) is 12.8 Å². The van der Waals surface area contributed by atoms with Crippen molar-refractivity contribution in [2.24, 2.45) is 5.14 Å². The minimum atomic E-state index is -3.95. The zero-order valence-electron chi connectivity index (χ0n) is 17.5. The molecule has 0 aliphatic carbocycles. The van der Waals surface area contributed by atoms with Crippen molar-refractivity contribution < 1.29 is 27.9 Å². The molecule has 1 aliphatic rings. The molecule has 1 amide bonds. The average molecular weight is 467 g/mol. The number of hydrogen-bond donors (Lipinski definition) is 3. The van der Waals surface area contributed by atoms with E-state index in [2.05, 4.69) is 15.6 Å². The van der Waals surface area contributed by atoms with Gasteiger partial charge in [0.15, 0.2) is 6.10 Å². The lowest BCUT2D eigenvalue weighted by molar-refractivity contribution is -0.148. The number of benzene rings is 1. The van der Waals surface area contributed by atoms with Gasteiger partial charge in [-0.15, -0.1) is 5.10 Å². The second kappa shape index (κ2) is 10.2. The van der Waals surface area contributed by atoms with Crippen molar-refractivity contribution in [1.82, 2.24) is 25.2 Å². The molecular formula is C19H26N6O6S. The number of aliphatic carboxylic acids is 1. The van der Waals surface area contributed by atoms with Crippen LogP contribution in [0.1, 0.15) is 25.0 Å². The highest BCUT2D eigenvalue weighted by Crippen LogP contribution is 2.21. The van der Waals surface area contributed by atoms with E-state index in [4.69, 9.17) is 15.0 Å². The Bertz CT molecular complexity index is 1070. The number of aromatic nitrogens is 3. The molecule has 1 aliphatic heterocycles. The molecule has 32 heavy (non-hydrogen) atoms. The Kier molecular flexibility index (Phi) is 7.56. The molecule has 12 nitrogen and oxygen atoms in total. The third-order valence-electron chi connectivity index (χ3n) is 5.26. The van der Waals surface area contributed by atoms with Crippen LogP contribution in [0.2, 0.25) is 0 Å². The van der Waals surface area contributed by atoms with Crippen LogP contribution in [0, 0.1) is 0 Å². The Hall–Kier alpha value is -2.87. The van der Waals surface area contributed by atoms with E-state index in [0.29, 0.717) is 25.2 Å².